The molecule has 0 fully saturated rings. The summed E-state index contributed by atoms with van der Waals surface area (Å²) < 4.78 is 31.2. The Balaban J connectivity index is 2.06. The molecule has 3 rings (SSSR count). The molecule has 1 aromatic heterocycles. The van der Waals surface area contributed by atoms with Crippen molar-refractivity contribution in [1.29, 1.82) is 0 Å². The number of hydrogen-bond donors (Lipinski definition) is 0. The SMILES string of the molecule is CCS(=O)(=O)c1nc2ccccc2n1Cc1ccc(C(=O)OC)cc1. The Kier molecular flexibility index (Phi) is 4.59. The third kappa shape index (κ3) is 3.28. The fourth-order valence-electron chi connectivity index (χ4n) is 2.62. The number of carbonyl (C=O) groups excluding carboxylic acids is 1. The first-order valence-electron chi connectivity index (χ1n) is 7.81. The molecule has 3 aromatic rings. The van der Waals surface area contributed by atoms with Crippen LogP contribution in [0.15, 0.2) is 53.7 Å². The molecule has 0 spiro atoms. The number of imidazole rings is 1. The molecule has 0 saturated heterocycles. The van der Waals surface area contributed by atoms with E-state index in [1.54, 1.807) is 41.8 Å². The number of sulfone groups is 1. The van der Waals surface area contributed by atoms with Crippen LogP contribution in [0.4, 0.5) is 0 Å². The highest BCUT2D eigenvalue weighted by Crippen LogP contribution is 2.22. The molecule has 0 atom stereocenters. The predicted molar refractivity (Wildman–Crippen MR) is 94.3 cm³/mol. The second kappa shape index (κ2) is 6.68. The number of benzene rings is 2. The van der Waals surface area contributed by atoms with Gasteiger partial charge in [0.05, 0.1) is 36.0 Å². The second-order valence-corrected chi connectivity index (χ2v) is 7.73. The van der Waals surface area contributed by atoms with Gasteiger partial charge in [-0.25, -0.2) is 18.2 Å². The van der Waals surface area contributed by atoms with E-state index in [4.69, 9.17) is 0 Å². The third-order valence-corrected chi connectivity index (χ3v) is 5.62. The molecule has 0 N–H and O–H groups in total. The van der Waals surface area contributed by atoms with E-state index in [1.807, 2.05) is 18.2 Å². The maximum absolute atomic E-state index is 12.4. The summed E-state index contributed by atoms with van der Waals surface area (Å²) in [4.78, 5) is 15.8. The summed E-state index contributed by atoms with van der Waals surface area (Å²) in [5.41, 5.74) is 2.71. The van der Waals surface area contributed by atoms with Gasteiger partial charge in [0.2, 0.25) is 15.0 Å². The second-order valence-electron chi connectivity index (χ2n) is 5.56. The normalized spacial score (nSPS) is 11.6. The lowest BCUT2D eigenvalue weighted by Crippen LogP contribution is -2.13. The van der Waals surface area contributed by atoms with Gasteiger partial charge in [0.15, 0.2) is 0 Å². The number of carbonyl (C=O) groups is 1. The number of ether oxygens (including phenoxy) is 1. The first-order valence-corrected chi connectivity index (χ1v) is 9.46. The van der Waals surface area contributed by atoms with E-state index in [2.05, 4.69) is 9.72 Å². The molecule has 1 heterocycles. The molecule has 25 heavy (non-hydrogen) atoms. The largest absolute Gasteiger partial charge is 0.465 e. The smallest absolute Gasteiger partial charge is 0.337 e. The van der Waals surface area contributed by atoms with E-state index >= 15 is 0 Å². The van der Waals surface area contributed by atoms with Crippen molar-refractivity contribution in [2.24, 2.45) is 0 Å². The van der Waals surface area contributed by atoms with Crippen LogP contribution in [0.25, 0.3) is 11.0 Å². The number of aromatic nitrogens is 2. The number of rotatable bonds is 5. The highest BCUT2D eigenvalue weighted by atomic mass is 32.2. The summed E-state index contributed by atoms with van der Waals surface area (Å²) in [7, 11) is -2.13. The lowest BCUT2D eigenvalue weighted by atomic mass is 10.1. The average molecular weight is 358 g/mol. The molecule has 7 heteroatoms. The van der Waals surface area contributed by atoms with Crippen molar-refractivity contribution in [3.8, 4) is 0 Å². The van der Waals surface area contributed by atoms with Gasteiger partial charge in [-0.3, -0.25) is 0 Å². The maximum Gasteiger partial charge on any atom is 0.337 e. The maximum atomic E-state index is 12.4. The van der Waals surface area contributed by atoms with Gasteiger partial charge in [-0.2, -0.15) is 0 Å². The number of fused-ring (bicyclic) bond motifs is 1. The van der Waals surface area contributed by atoms with Crippen LogP contribution in [-0.4, -0.2) is 36.8 Å². The van der Waals surface area contributed by atoms with Crippen LogP contribution in [0, 0.1) is 0 Å². The van der Waals surface area contributed by atoms with E-state index in [0.29, 0.717) is 17.6 Å². The lowest BCUT2D eigenvalue weighted by molar-refractivity contribution is 0.0600. The van der Waals surface area contributed by atoms with Crippen LogP contribution >= 0.6 is 0 Å². The standard InChI is InChI=1S/C18H18N2O4S/c1-3-25(22,23)18-19-15-6-4-5-7-16(15)20(18)12-13-8-10-14(11-9-13)17(21)24-2/h4-11H,3,12H2,1-2H3. The summed E-state index contributed by atoms with van der Waals surface area (Å²) in [5, 5.41) is 0.0632. The summed E-state index contributed by atoms with van der Waals surface area (Å²) in [6, 6.07) is 14.2. The van der Waals surface area contributed by atoms with Gasteiger partial charge in [-0.1, -0.05) is 31.2 Å². The summed E-state index contributed by atoms with van der Waals surface area (Å²) >= 11 is 0. The monoisotopic (exact) mass is 358 g/mol. The highest BCUT2D eigenvalue weighted by molar-refractivity contribution is 7.91. The van der Waals surface area contributed by atoms with Gasteiger partial charge in [-0.15, -0.1) is 0 Å². The Morgan fingerprint density at radius 2 is 1.80 bits per heavy atom. The van der Waals surface area contributed by atoms with Crippen molar-refractivity contribution in [1.82, 2.24) is 9.55 Å². The van der Waals surface area contributed by atoms with Crippen LogP contribution in [0.3, 0.4) is 0 Å². The summed E-state index contributed by atoms with van der Waals surface area (Å²) in [5.74, 6) is -0.425. The highest BCUT2D eigenvalue weighted by Gasteiger charge is 2.22. The molecule has 0 bridgehead atoms. The van der Waals surface area contributed by atoms with Gasteiger partial charge in [0, 0.05) is 0 Å². The van der Waals surface area contributed by atoms with Crippen molar-refractivity contribution >= 4 is 26.8 Å². The zero-order valence-electron chi connectivity index (χ0n) is 14.0. The molecule has 0 saturated carbocycles. The number of esters is 1. The predicted octanol–water partition coefficient (Wildman–Crippen LogP) is 2.66. The zero-order chi connectivity index (χ0) is 18.0. The van der Waals surface area contributed by atoms with Crippen LogP contribution in [0.1, 0.15) is 22.8 Å². The van der Waals surface area contributed by atoms with Gasteiger partial charge in [0.25, 0.3) is 0 Å². The molecule has 0 amide bonds. The number of hydrogen-bond acceptors (Lipinski definition) is 5. The van der Waals surface area contributed by atoms with Crippen LogP contribution in [-0.2, 0) is 21.1 Å². The molecule has 0 unspecified atom stereocenters. The Morgan fingerprint density at radius 3 is 2.44 bits per heavy atom. The first kappa shape index (κ1) is 17.2. The van der Waals surface area contributed by atoms with Crippen molar-refractivity contribution in [3.63, 3.8) is 0 Å². The number of methoxy groups -OCH3 is 1. The number of para-hydroxylation sites is 2. The van der Waals surface area contributed by atoms with Crippen molar-refractivity contribution in [3.05, 3.63) is 59.7 Å². The minimum absolute atomic E-state index is 0.0163. The lowest BCUT2D eigenvalue weighted by Gasteiger charge is -2.09. The Hall–Kier alpha value is -2.67. The van der Waals surface area contributed by atoms with Gasteiger partial charge >= 0.3 is 5.97 Å². The minimum atomic E-state index is -3.46. The molecule has 0 aliphatic heterocycles. The summed E-state index contributed by atoms with van der Waals surface area (Å²) in [6.07, 6.45) is 0. The van der Waals surface area contributed by atoms with Crippen LogP contribution in [0.5, 0.6) is 0 Å². The quantitative estimate of drug-likeness (QED) is 0.655. The van der Waals surface area contributed by atoms with E-state index < -0.39 is 15.8 Å². The Morgan fingerprint density at radius 1 is 1.12 bits per heavy atom. The molecular weight excluding hydrogens is 340 g/mol. The Labute approximate surface area is 146 Å². The van der Waals surface area contributed by atoms with E-state index in [9.17, 15) is 13.2 Å². The van der Waals surface area contributed by atoms with Gasteiger partial charge in [0.1, 0.15) is 0 Å². The first-order chi connectivity index (χ1) is 12.0. The molecular formula is C18H18N2O4S. The molecule has 0 aliphatic carbocycles. The van der Waals surface area contributed by atoms with Crippen LogP contribution in [0.2, 0.25) is 0 Å². The van der Waals surface area contributed by atoms with E-state index in [1.165, 1.54) is 7.11 Å². The van der Waals surface area contributed by atoms with E-state index in [0.717, 1.165) is 11.1 Å². The molecule has 0 aliphatic rings. The Bertz CT molecular complexity index is 1020. The topological polar surface area (TPSA) is 78.3 Å². The van der Waals surface area contributed by atoms with Crippen molar-refractivity contribution < 1.29 is 17.9 Å². The third-order valence-electron chi connectivity index (χ3n) is 3.99. The minimum Gasteiger partial charge on any atom is -0.465 e. The zero-order valence-corrected chi connectivity index (χ0v) is 14.8. The van der Waals surface area contributed by atoms with Gasteiger partial charge < -0.3 is 9.30 Å². The van der Waals surface area contributed by atoms with E-state index in [-0.39, 0.29) is 10.9 Å². The fourth-order valence-corrected chi connectivity index (χ4v) is 3.61. The summed E-state index contributed by atoms with van der Waals surface area (Å²) in [6.45, 7) is 1.95. The van der Waals surface area contributed by atoms with Crippen molar-refractivity contribution in [2.45, 2.75) is 18.6 Å². The van der Waals surface area contributed by atoms with Gasteiger partial charge in [-0.05, 0) is 29.8 Å². The van der Waals surface area contributed by atoms with Crippen LogP contribution < -0.4 is 0 Å². The number of nitrogens with zero attached hydrogens (tertiary/aromatic N) is 2. The molecule has 0 radical (unpaired) electrons. The molecule has 6 nitrogen and oxygen atoms in total. The average Bonchev–Trinajstić information content (AvgIpc) is 3.01. The molecule has 2 aromatic carbocycles. The fraction of sp³-hybridized carbons (Fsp3) is 0.222. The van der Waals surface area contributed by atoms with Crippen molar-refractivity contribution in [2.75, 3.05) is 12.9 Å². The molecule has 130 valence electrons.